The molecule has 0 aliphatic carbocycles. The van der Waals surface area contributed by atoms with E-state index in [9.17, 15) is 24.3 Å². The summed E-state index contributed by atoms with van der Waals surface area (Å²) in [5, 5.41) is 26.0. The summed E-state index contributed by atoms with van der Waals surface area (Å²) in [5.74, 6) is -1.10. The number of thioether (sulfide) groups is 2. The van der Waals surface area contributed by atoms with Crippen molar-refractivity contribution >= 4 is 53.5 Å². The van der Waals surface area contributed by atoms with Gasteiger partial charge in [-0.15, -0.1) is 16.9 Å². The van der Waals surface area contributed by atoms with Crippen molar-refractivity contribution in [2.45, 2.75) is 23.0 Å². The minimum atomic E-state index is -1.20. The maximum atomic E-state index is 12.8. The molecular formula is C18H18N8O5S2. The summed E-state index contributed by atoms with van der Waals surface area (Å²) in [6.45, 7) is 0. The summed E-state index contributed by atoms with van der Waals surface area (Å²) < 4.78 is 1.48. The third kappa shape index (κ3) is 4.68. The number of carboxylic acid groups (broad SMARTS) is 1. The summed E-state index contributed by atoms with van der Waals surface area (Å²) in [7, 11) is 1.68. The van der Waals surface area contributed by atoms with E-state index in [2.05, 4.69) is 31.1 Å². The molecule has 2 aromatic rings. The normalized spacial score (nSPS) is 19.5. The van der Waals surface area contributed by atoms with Crippen LogP contribution in [0, 0.1) is 0 Å². The molecule has 13 nitrogen and oxygen atoms in total. The van der Waals surface area contributed by atoms with Gasteiger partial charge in [-0.05, 0) is 28.1 Å². The highest BCUT2D eigenvalue weighted by Gasteiger charge is 2.54. The Kier molecular flexibility index (Phi) is 6.60. The van der Waals surface area contributed by atoms with E-state index in [1.165, 1.54) is 33.1 Å². The maximum absolute atomic E-state index is 12.8. The molecule has 0 aromatic carbocycles. The van der Waals surface area contributed by atoms with Crippen LogP contribution >= 0.6 is 23.5 Å². The van der Waals surface area contributed by atoms with E-state index in [0.29, 0.717) is 40.2 Å². The van der Waals surface area contributed by atoms with Crippen LogP contribution in [0.25, 0.3) is 0 Å². The van der Waals surface area contributed by atoms with Crippen molar-refractivity contribution in [3.63, 3.8) is 0 Å². The van der Waals surface area contributed by atoms with E-state index in [0.717, 1.165) is 0 Å². The third-order valence-electron chi connectivity index (χ3n) is 4.88. The number of carbonyl (C=O) groups excluding carboxylic acids is 3. The average Bonchev–Trinajstić information content (AvgIpc) is 3.20. The first-order valence-corrected chi connectivity index (χ1v) is 11.6. The molecule has 2 atom stereocenters. The lowest BCUT2D eigenvalue weighted by Gasteiger charge is -2.49. The van der Waals surface area contributed by atoms with E-state index in [-0.39, 0.29) is 12.1 Å². The molecule has 0 radical (unpaired) electrons. The average molecular weight is 491 g/mol. The number of carbonyl (C=O) groups is 4. The topological polar surface area (TPSA) is 172 Å². The standard InChI is InChI=1S/C18H18N8O5S2/c1-25-18(22-23-24-25)33-7-9-6-32-16-13(15(29)26(16)14(9)17(30)31)21-12(28)5-10-3-2-4-11(20-10)19-8-27/h2-4,8,13,16H,5-7H2,1H3,(H,21,28)(H,30,31)(H,19,20,27)/t13?,16-/m1/s1. The monoisotopic (exact) mass is 490 g/mol. The zero-order chi connectivity index (χ0) is 23.5. The maximum Gasteiger partial charge on any atom is 0.352 e. The summed E-state index contributed by atoms with van der Waals surface area (Å²) in [4.78, 5) is 53.1. The van der Waals surface area contributed by atoms with E-state index in [1.54, 1.807) is 25.2 Å². The number of aryl methyl sites for hydroxylation is 1. The number of fused-ring (bicyclic) bond motifs is 1. The lowest BCUT2D eigenvalue weighted by Crippen LogP contribution is -2.70. The van der Waals surface area contributed by atoms with E-state index < -0.39 is 29.2 Å². The summed E-state index contributed by atoms with van der Waals surface area (Å²) >= 11 is 2.66. The first kappa shape index (κ1) is 22.7. The van der Waals surface area contributed by atoms with E-state index in [4.69, 9.17) is 0 Å². The molecule has 3 amide bonds. The van der Waals surface area contributed by atoms with Crippen LogP contribution in [0.4, 0.5) is 5.82 Å². The predicted octanol–water partition coefficient (Wildman–Crippen LogP) is -0.753. The second-order valence-electron chi connectivity index (χ2n) is 7.04. The largest absolute Gasteiger partial charge is 0.477 e. The third-order valence-corrected chi connectivity index (χ3v) is 7.31. The number of amides is 3. The van der Waals surface area contributed by atoms with Crippen LogP contribution in [-0.4, -0.2) is 82.3 Å². The van der Waals surface area contributed by atoms with Gasteiger partial charge in [0.15, 0.2) is 0 Å². The molecule has 0 bridgehead atoms. The molecule has 172 valence electrons. The van der Waals surface area contributed by atoms with Crippen molar-refractivity contribution in [1.29, 1.82) is 0 Å². The molecule has 33 heavy (non-hydrogen) atoms. The Bertz CT molecular complexity index is 1150. The number of carboxylic acids is 1. The van der Waals surface area contributed by atoms with Crippen LogP contribution < -0.4 is 10.6 Å². The minimum Gasteiger partial charge on any atom is -0.477 e. The van der Waals surface area contributed by atoms with Gasteiger partial charge in [0.2, 0.25) is 17.5 Å². The molecule has 15 heteroatoms. The highest BCUT2D eigenvalue weighted by atomic mass is 32.2. The van der Waals surface area contributed by atoms with Crippen LogP contribution in [0.3, 0.4) is 0 Å². The molecule has 4 rings (SSSR count). The Balaban J connectivity index is 1.41. The Morgan fingerprint density at radius 1 is 1.39 bits per heavy atom. The van der Waals surface area contributed by atoms with Gasteiger partial charge < -0.3 is 15.7 Å². The van der Waals surface area contributed by atoms with Crippen LogP contribution in [0.15, 0.2) is 34.6 Å². The molecular weight excluding hydrogens is 472 g/mol. The summed E-state index contributed by atoms with van der Waals surface area (Å²) in [5.41, 5.74) is 0.938. The first-order chi connectivity index (χ1) is 15.9. The first-order valence-electron chi connectivity index (χ1n) is 9.59. The van der Waals surface area contributed by atoms with Crippen LogP contribution in [-0.2, 0) is 32.6 Å². The predicted molar refractivity (Wildman–Crippen MR) is 117 cm³/mol. The number of tetrazole rings is 1. The fourth-order valence-electron chi connectivity index (χ4n) is 3.40. The van der Waals surface area contributed by atoms with Crippen LogP contribution in [0.5, 0.6) is 0 Å². The molecule has 0 spiro atoms. The van der Waals surface area contributed by atoms with E-state index >= 15 is 0 Å². The summed E-state index contributed by atoms with van der Waals surface area (Å²) in [6.07, 6.45) is 0.392. The summed E-state index contributed by atoms with van der Waals surface area (Å²) in [6, 6.07) is 4.03. The number of rotatable bonds is 9. The smallest absolute Gasteiger partial charge is 0.352 e. The number of β-lactam (4-membered cyclic amide) rings is 1. The number of hydrogen-bond donors (Lipinski definition) is 3. The van der Waals surface area contributed by atoms with Gasteiger partial charge >= 0.3 is 5.97 Å². The van der Waals surface area contributed by atoms with Crippen LogP contribution in [0.1, 0.15) is 5.69 Å². The van der Waals surface area contributed by atoms with Crippen molar-refractivity contribution in [3.8, 4) is 0 Å². The van der Waals surface area contributed by atoms with Gasteiger partial charge in [0.25, 0.3) is 5.91 Å². The number of hydrogen-bond acceptors (Lipinski definition) is 10. The zero-order valence-electron chi connectivity index (χ0n) is 17.2. The van der Waals surface area contributed by atoms with E-state index in [1.807, 2.05) is 0 Å². The Hall–Kier alpha value is -3.46. The molecule has 1 fully saturated rings. The number of aromatic nitrogens is 5. The van der Waals surface area contributed by atoms with Gasteiger partial charge in [0.1, 0.15) is 22.9 Å². The van der Waals surface area contributed by atoms with Gasteiger partial charge in [-0.1, -0.05) is 17.8 Å². The minimum absolute atomic E-state index is 0.0637. The highest BCUT2D eigenvalue weighted by molar-refractivity contribution is 8.01. The van der Waals surface area contributed by atoms with Crippen molar-refractivity contribution in [3.05, 3.63) is 35.2 Å². The number of nitrogens with one attached hydrogen (secondary N) is 2. The van der Waals surface area contributed by atoms with Gasteiger partial charge in [-0.2, -0.15) is 0 Å². The molecule has 4 heterocycles. The fourth-order valence-corrected chi connectivity index (χ4v) is 5.73. The fraction of sp³-hybridized carbons (Fsp3) is 0.333. The molecule has 1 unspecified atom stereocenters. The van der Waals surface area contributed by atoms with Crippen molar-refractivity contribution < 1.29 is 24.3 Å². The molecule has 2 aromatic heterocycles. The molecule has 0 saturated carbocycles. The number of anilines is 1. The van der Waals surface area contributed by atoms with Crippen molar-refractivity contribution in [2.24, 2.45) is 7.05 Å². The molecule has 2 aliphatic heterocycles. The highest BCUT2D eigenvalue weighted by Crippen LogP contribution is 2.41. The lowest BCUT2D eigenvalue weighted by molar-refractivity contribution is -0.150. The van der Waals surface area contributed by atoms with Crippen molar-refractivity contribution in [1.82, 2.24) is 35.4 Å². The second-order valence-corrected chi connectivity index (χ2v) is 9.09. The Morgan fingerprint density at radius 2 is 2.21 bits per heavy atom. The molecule has 3 N–H and O–H groups in total. The number of pyridine rings is 1. The quantitative estimate of drug-likeness (QED) is 0.229. The number of aliphatic carboxylic acids is 1. The van der Waals surface area contributed by atoms with Crippen LogP contribution in [0.2, 0.25) is 0 Å². The van der Waals surface area contributed by atoms with Gasteiger partial charge in [-0.25, -0.2) is 14.5 Å². The molecule has 2 aliphatic rings. The second kappa shape index (κ2) is 9.58. The van der Waals surface area contributed by atoms with Gasteiger partial charge in [-0.3, -0.25) is 19.3 Å². The molecule has 1 saturated heterocycles. The zero-order valence-corrected chi connectivity index (χ0v) is 18.8. The SMILES string of the molecule is Cn1nnnc1SCC1=C(C(=O)O)N2C(=O)C(NC(=O)Cc3cccc(NC=O)n3)[C@H]2SC1. The number of nitrogens with zero attached hydrogens (tertiary/aromatic N) is 6. The lowest BCUT2D eigenvalue weighted by atomic mass is 10.0. The Morgan fingerprint density at radius 3 is 2.91 bits per heavy atom. The van der Waals surface area contributed by atoms with Gasteiger partial charge in [0.05, 0.1) is 12.1 Å². The van der Waals surface area contributed by atoms with Crippen molar-refractivity contribution in [2.75, 3.05) is 16.8 Å². The van der Waals surface area contributed by atoms with Gasteiger partial charge in [0, 0.05) is 18.6 Å². The Labute approximate surface area is 195 Å².